The van der Waals surface area contributed by atoms with Gasteiger partial charge in [-0.25, -0.2) is 4.39 Å². The molecule has 0 atom stereocenters. The van der Waals surface area contributed by atoms with Gasteiger partial charge >= 0.3 is 0 Å². The van der Waals surface area contributed by atoms with Crippen molar-refractivity contribution in [3.8, 4) is 10.7 Å². The molecule has 0 saturated carbocycles. The Bertz CT molecular complexity index is 1030. The lowest BCUT2D eigenvalue weighted by molar-refractivity contribution is 0.392. The molecule has 6 nitrogen and oxygen atoms in total. The average Bonchev–Trinajstić information content (AvgIpc) is 3.40. The van der Waals surface area contributed by atoms with E-state index in [1.165, 1.54) is 35.2 Å². The first-order valence-electron chi connectivity index (χ1n) is 7.67. The maximum atomic E-state index is 12.9. The minimum absolute atomic E-state index is 0.246. The number of anilines is 1. The number of benzene rings is 1. The van der Waals surface area contributed by atoms with Crippen molar-refractivity contribution in [2.45, 2.75) is 16.6 Å². The van der Waals surface area contributed by atoms with Crippen LogP contribution in [0.4, 0.5) is 9.52 Å². The average molecular weight is 484 g/mol. The highest BCUT2D eigenvalue weighted by molar-refractivity contribution is 9.10. The van der Waals surface area contributed by atoms with Crippen LogP contribution in [-0.2, 0) is 12.3 Å². The highest BCUT2D eigenvalue weighted by Gasteiger charge is 2.12. The second kappa shape index (κ2) is 8.46. The predicted molar refractivity (Wildman–Crippen MR) is 109 cm³/mol. The van der Waals surface area contributed by atoms with Crippen LogP contribution in [0.2, 0.25) is 0 Å². The maximum Gasteiger partial charge on any atom is 0.237 e. The minimum atomic E-state index is -0.246. The molecular weight excluding hydrogens is 473 g/mol. The lowest BCUT2D eigenvalue weighted by Crippen LogP contribution is -1.98. The topological polar surface area (TPSA) is 76.7 Å². The monoisotopic (exact) mass is 483 g/mol. The Balaban J connectivity index is 1.30. The number of halogens is 2. The van der Waals surface area contributed by atoms with Crippen molar-refractivity contribution in [1.29, 1.82) is 0 Å². The number of thioether (sulfide) groups is 1. The standard InChI is InChI=1S/C16H11BrFN5OS3/c17-10-5-12(25-7-10)14-20-13(24-23-14)8-26-16-22-21-15(27-16)19-6-9-1-3-11(18)4-2-9/h1-5,7H,6,8H2,(H,19,21). The third-order valence-electron chi connectivity index (χ3n) is 3.34. The summed E-state index contributed by atoms with van der Waals surface area (Å²) in [4.78, 5) is 5.35. The molecule has 1 N–H and O–H groups in total. The van der Waals surface area contributed by atoms with Gasteiger partial charge in [-0.2, -0.15) is 4.98 Å². The van der Waals surface area contributed by atoms with Gasteiger partial charge in [-0.15, -0.1) is 21.5 Å². The maximum absolute atomic E-state index is 12.9. The molecule has 138 valence electrons. The molecule has 0 radical (unpaired) electrons. The van der Waals surface area contributed by atoms with E-state index in [2.05, 4.69) is 41.6 Å². The molecule has 4 rings (SSSR count). The van der Waals surface area contributed by atoms with Gasteiger partial charge in [-0.3, -0.25) is 0 Å². The SMILES string of the molecule is Fc1ccc(CNc2nnc(SCc3nc(-c4cc(Br)cs4)no3)s2)cc1. The fourth-order valence-electron chi connectivity index (χ4n) is 2.09. The van der Waals surface area contributed by atoms with Crippen LogP contribution >= 0.6 is 50.4 Å². The molecule has 0 aliphatic heterocycles. The van der Waals surface area contributed by atoms with Crippen molar-refractivity contribution in [1.82, 2.24) is 20.3 Å². The van der Waals surface area contributed by atoms with E-state index in [0.29, 0.717) is 29.1 Å². The molecular formula is C16H11BrFN5OS3. The molecule has 0 fully saturated rings. The molecule has 0 bridgehead atoms. The first-order chi connectivity index (χ1) is 13.2. The molecule has 0 spiro atoms. The molecule has 0 aliphatic rings. The minimum Gasteiger partial charge on any atom is -0.356 e. The second-order valence-corrected chi connectivity index (χ2v) is 9.31. The van der Waals surface area contributed by atoms with Crippen LogP contribution in [0.5, 0.6) is 0 Å². The summed E-state index contributed by atoms with van der Waals surface area (Å²) in [7, 11) is 0. The van der Waals surface area contributed by atoms with Gasteiger partial charge in [-0.1, -0.05) is 40.4 Å². The van der Waals surface area contributed by atoms with Crippen LogP contribution in [0, 0.1) is 5.82 Å². The van der Waals surface area contributed by atoms with Gasteiger partial charge in [0.15, 0.2) is 4.34 Å². The number of hydrogen-bond donors (Lipinski definition) is 1. The van der Waals surface area contributed by atoms with Crippen LogP contribution in [0.15, 0.2) is 49.0 Å². The van der Waals surface area contributed by atoms with Gasteiger partial charge in [-0.05, 0) is 39.7 Å². The first-order valence-corrected chi connectivity index (χ1v) is 11.1. The molecule has 4 aromatic rings. The molecule has 11 heteroatoms. The van der Waals surface area contributed by atoms with Gasteiger partial charge in [0, 0.05) is 16.4 Å². The highest BCUT2D eigenvalue weighted by atomic mass is 79.9. The summed E-state index contributed by atoms with van der Waals surface area (Å²) >= 11 is 7.89. The first kappa shape index (κ1) is 18.5. The number of thiophene rings is 1. The van der Waals surface area contributed by atoms with Crippen molar-refractivity contribution in [2.24, 2.45) is 0 Å². The molecule has 3 aromatic heterocycles. The van der Waals surface area contributed by atoms with E-state index in [-0.39, 0.29) is 5.82 Å². The zero-order valence-electron chi connectivity index (χ0n) is 13.6. The zero-order chi connectivity index (χ0) is 18.6. The van der Waals surface area contributed by atoms with Crippen molar-refractivity contribution < 1.29 is 8.91 Å². The van der Waals surface area contributed by atoms with Crippen LogP contribution < -0.4 is 5.32 Å². The molecule has 1 aromatic carbocycles. The Labute approximate surface area is 174 Å². The lowest BCUT2D eigenvalue weighted by atomic mass is 10.2. The van der Waals surface area contributed by atoms with Crippen LogP contribution in [0.25, 0.3) is 10.7 Å². The number of nitrogens with zero attached hydrogens (tertiary/aromatic N) is 4. The Kier molecular flexibility index (Phi) is 5.81. The zero-order valence-corrected chi connectivity index (χ0v) is 17.6. The largest absolute Gasteiger partial charge is 0.356 e. The normalized spacial score (nSPS) is 11.0. The molecule has 0 aliphatic carbocycles. The molecule has 0 amide bonds. The van der Waals surface area contributed by atoms with Crippen molar-refractivity contribution in [3.63, 3.8) is 0 Å². The van der Waals surface area contributed by atoms with Crippen LogP contribution in [0.1, 0.15) is 11.5 Å². The highest BCUT2D eigenvalue weighted by Crippen LogP contribution is 2.30. The Morgan fingerprint density at radius 1 is 1.22 bits per heavy atom. The number of nitrogens with one attached hydrogen (secondary N) is 1. The van der Waals surface area contributed by atoms with Gasteiger partial charge in [0.05, 0.1) is 10.6 Å². The van der Waals surface area contributed by atoms with E-state index in [4.69, 9.17) is 4.52 Å². The van der Waals surface area contributed by atoms with E-state index >= 15 is 0 Å². The summed E-state index contributed by atoms with van der Waals surface area (Å²) in [5.41, 5.74) is 0.972. The molecule has 0 unspecified atom stereocenters. The van der Waals surface area contributed by atoms with E-state index in [1.54, 1.807) is 23.5 Å². The van der Waals surface area contributed by atoms with Crippen LogP contribution in [0.3, 0.4) is 0 Å². The number of aromatic nitrogens is 4. The summed E-state index contributed by atoms with van der Waals surface area (Å²) in [5.74, 6) is 1.39. The summed E-state index contributed by atoms with van der Waals surface area (Å²) in [6.45, 7) is 0.559. The third kappa shape index (κ3) is 4.92. The van der Waals surface area contributed by atoms with E-state index in [9.17, 15) is 4.39 Å². The van der Waals surface area contributed by atoms with Gasteiger partial charge < -0.3 is 9.84 Å². The molecule has 27 heavy (non-hydrogen) atoms. The van der Waals surface area contributed by atoms with Gasteiger partial charge in [0.25, 0.3) is 0 Å². The van der Waals surface area contributed by atoms with Crippen molar-refractivity contribution in [2.75, 3.05) is 5.32 Å². The smallest absolute Gasteiger partial charge is 0.237 e. The summed E-state index contributed by atoms with van der Waals surface area (Å²) in [6.07, 6.45) is 0. The Hall–Kier alpha value is -1.82. The Morgan fingerprint density at radius 3 is 2.85 bits per heavy atom. The van der Waals surface area contributed by atoms with E-state index in [1.807, 2.05) is 11.4 Å². The third-order valence-corrected chi connectivity index (χ3v) is 7.02. The van der Waals surface area contributed by atoms with E-state index < -0.39 is 0 Å². The number of hydrogen-bond acceptors (Lipinski definition) is 9. The number of rotatable bonds is 7. The fraction of sp³-hybridized carbons (Fsp3) is 0.125. The molecule has 3 heterocycles. The van der Waals surface area contributed by atoms with Crippen LogP contribution in [-0.4, -0.2) is 20.3 Å². The summed E-state index contributed by atoms with van der Waals surface area (Å²) < 4.78 is 20.0. The van der Waals surface area contributed by atoms with E-state index in [0.717, 1.165) is 19.3 Å². The predicted octanol–water partition coefficient (Wildman–Crippen LogP) is 5.46. The second-order valence-electron chi connectivity index (χ2n) is 5.28. The van der Waals surface area contributed by atoms with Gasteiger partial charge in [0.2, 0.25) is 16.8 Å². The summed E-state index contributed by atoms with van der Waals surface area (Å²) in [5, 5.41) is 18.1. The quantitative estimate of drug-likeness (QED) is 0.349. The van der Waals surface area contributed by atoms with Gasteiger partial charge in [0.1, 0.15) is 5.82 Å². The molecule has 0 saturated heterocycles. The lowest BCUT2D eigenvalue weighted by Gasteiger charge is -2.01. The summed E-state index contributed by atoms with van der Waals surface area (Å²) in [6, 6.07) is 8.30. The Morgan fingerprint density at radius 2 is 2.07 bits per heavy atom. The van der Waals surface area contributed by atoms with Crippen molar-refractivity contribution >= 4 is 55.5 Å². The van der Waals surface area contributed by atoms with Crippen molar-refractivity contribution in [3.05, 3.63) is 57.5 Å². The fourth-order valence-corrected chi connectivity index (χ4v) is 5.02.